The Labute approximate surface area is 430 Å². The molecule has 0 bridgehead atoms. The van der Waals surface area contributed by atoms with Crippen LogP contribution in [0.1, 0.15) is 110 Å². The highest BCUT2D eigenvalue weighted by molar-refractivity contribution is 6.39. The minimum Gasteiger partial charge on any atom is -0.505 e. The fourth-order valence-electron chi connectivity index (χ4n) is 8.80. The van der Waals surface area contributed by atoms with E-state index in [9.17, 15) is 50.1 Å². The molecule has 2 saturated heterocycles. The maximum Gasteiger partial charge on any atom is 0.342 e. The number of allylic oxidation sites excluding steroid dienone is 4. The van der Waals surface area contributed by atoms with Gasteiger partial charge in [-0.05, 0) is 103 Å². The summed E-state index contributed by atoms with van der Waals surface area (Å²) in [7, 11) is 1.26. The first-order chi connectivity index (χ1) is 33.9. The standard InChI is InChI=1S/C52H72Cl2O18/c1-11-29-22-25(4)33(56)16-14-13-15-31(23-66-51-45(65-10)40(59)43(28(7)67-51)69-49(64)35-32(12-2)36(53)39(58)37(54)38(35)57)48(63)68-34(27(6)55)20-17-24(3)21-26(5)42(29)71-50-41(60)44(46(61)52(8,9)72-50)70-47(62)30-18-19-30/h13-15,17,21-22,27-30,33-34,40-46,50-51,55-61H,11-12,16,18-20,23H2,1-10H3/b14-13+,24-17+,25-22+,26-21+,31-15+/t27-,28-,29+,33+,34+,40+,41+,42+,43-,44-,45+,46+,50-,51-/m1/s1. The number of carbonyl (C=O) groups excluding carboxylic acids is 3. The molecule has 20 heteroatoms. The molecule has 7 N–H and O–H groups in total. The largest absolute Gasteiger partial charge is 0.505 e. The van der Waals surface area contributed by atoms with E-state index in [2.05, 4.69) is 0 Å². The van der Waals surface area contributed by atoms with Crippen molar-refractivity contribution >= 4 is 41.1 Å². The summed E-state index contributed by atoms with van der Waals surface area (Å²) in [6, 6.07) is 0. The molecule has 4 aliphatic rings. The van der Waals surface area contributed by atoms with E-state index in [1.165, 1.54) is 33.1 Å². The third-order valence-corrected chi connectivity index (χ3v) is 14.2. The SMILES string of the molecule is CCc1c(Cl)c(O)c(Cl)c(O)c1C(=O)O[C@H]1[C@H](O)[C@H](OC)[C@H](OC/C2=C\C=C\C[C@H](O)/C(C)=C/[C@H](CC)[C@@H](O[C@@H]3OC(C)(C)[C@@H](O)[C@H](OC(=O)C4CC4)[C@@H]3O)/C(C)=C/C(C)=C/C[C@@H]([C@@H](C)O)OC2=O)O[C@@H]1C. The lowest BCUT2D eigenvalue weighted by Crippen LogP contribution is -2.64. The van der Waals surface area contributed by atoms with Gasteiger partial charge < -0.3 is 73.6 Å². The zero-order valence-electron chi connectivity index (χ0n) is 42.5. The Morgan fingerprint density at radius 1 is 0.917 bits per heavy atom. The van der Waals surface area contributed by atoms with Crippen molar-refractivity contribution < 1.29 is 88.0 Å². The molecule has 1 aromatic carbocycles. The van der Waals surface area contributed by atoms with Gasteiger partial charge in [0, 0.05) is 19.4 Å². The Morgan fingerprint density at radius 3 is 2.21 bits per heavy atom. The molecule has 18 nitrogen and oxygen atoms in total. The monoisotopic (exact) mass is 1050 g/mol. The van der Waals surface area contributed by atoms with Crippen molar-refractivity contribution in [3.63, 3.8) is 0 Å². The van der Waals surface area contributed by atoms with E-state index < -0.39 is 132 Å². The van der Waals surface area contributed by atoms with E-state index in [1.54, 1.807) is 39.8 Å². The van der Waals surface area contributed by atoms with Gasteiger partial charge in [0.15, 0.2) is 36.3 Å². The highest BCUT2D eigenvalue weighted by Gasteiger charge is 2.53. The molecule has 0 radical (unpaired) electrons. The first kappa shape index (κ1) is 59.0. The van der Waals surface area contributed by atoms with Crippen LogP contribution in [0.4, 0.5) is 0 Å². The number of cyclic esters (lactones) is 1. The minimum atomic E-state index is -1.57. The number of phenols is 2. The predicted octanol–water partition coefficient (Wildman–Crippen LogP) is 5.99. The fourth-order valence-corrected chi connectivity index (χ4v) is 9.36. The summed E-state index contributed by atoms with van der Waals surface area (Å²) in [4.78, 5) is 40.2. The van der Waals surface area contributed by atoms with Gasteiger partial charge in [0.2, 0.25) is 0 Å². The summed E-state index contributed by atoms with van der Waals surface area (Å²) < 4.78 is 47.6. The molecule has 14 atom stereocenters. The number of halogens is 2. The van der Waals surface area contributed by atoms with Gasteiger partial charge in [0.1, 0.15) is 41.1 Å². The van der Waals surface area contributed by atoms with Crippen LogP contribution in [0.2, 0.25) is 10.0 Å². The average molecular weight is 1060 g/mol. The lowest BCUT2D eigenvalue weighted by Gasteiger charge is -2.47. The van der Waals surface area contributed by atoms with E-state index in [-0.39, 0.29) is 47.3 Å². The van der Waals surface area contributed by atoms with E-state index in [0.717, 1.165) is 0 Å². The molecule has 72 heavy (non-hydrogen) atoms. The Kier molecular flexibility index (Phi) is 20.9. The minimum absolute atomic E-state index is 0.0348. The summed E-state index contributed by atoms with van der Waals surface area (Å²) in [5.74, 6) is -4.50. The van der Waals surface area contributed by atoms with Crippen LogP contribution in [0, 0.1) is 11.8 Å². The molecule has 3 aliphatic heterocycles. The lowest BCUT2D eigenvalue weighted by molar-refractivity contribution is -0.333. The summed E-state index contributed by atoms with van der Waals surface area (Å²) >= 11 is 12.3. The molecular weight excluding hydrogens is 983 g/mol. The van der Waals surface area contributed by atoms with Crippen molar-refractivity contribution in [1.29, 1.82) is 0 Å². The number of ether oxygens (including phenoxy) is 8. The fraction of sp³-hybridized carbons (Fsp3) is 0.635. The van der Waals surface area contributed by atoms with Gasteiger partial charge in [0.25, 0.3) is 0 Å². The quantitative estimate of drug-likeness (QED) is 0.0680. The predicted molar refractivity (Wildman–Crippen MR) is 263 cm³/mol. The van der Waals surface area contributed by atoms with E-state index in [4.69, 9.17) is 61.1 Å². The van der Waals surface area contributed by atoms with Crippen LogP contribution in [-0.2, 0) is 53.9 Å². The van der Waals surface area contributed by atoms with Crippen LogP contribution >= 0.6 is 23.2 Å². The smallest absolute Gasteiger partial charge is 0.342 e. The number of carbonyl (C=O) groups is 3. The second kappa shape index (κ2) is 25.6. The number of aromatic hydroxyl groups is 2. The Bertz CT molecular complexity index is 2250. The van der Waals surface area contributed by atoms with Gasteiger partial charge in [-0.15, -0.1) is 0 Å². The molecule has 0 spiro atoms. The van der Waals surface area contributed by atoms with Crippen molar-refractivity contribution in [3.05, 3.63) is 79.9 Å². The zero-order chi connectivity index (χ0) is 53.5. The molecule has 0 unspecified atom stereocenters. The summed E-state index contributed by atoms with van der Waals surface area (Å²) in [6.07, 6.45) is -3.88. The highest BCUT2D eigenvalue weighted by atomic mass is 35.5. The van der Waals surface area contributed by atoms with Gasteiger partial charge in [-0.25, -0.2) is 9.59 Å². The van der Waals surface area contributed by atoms with Crippen molar-refractivity contribution in [2.24, 2.45) is 11.8 Å². The molecule has 5 rings (SSSR count). The van der Waals surface area contributed by atoms with Crippen LogP contribution in [0.5, 0.6) is 11.5 Å². The second-order valence-corrected chi connectivity index (χ2v) is 20.2. The molecule has 3 fully saturated rings. The number of esters is 3. The maximum atomic E-state index is 14.0. The van der Waals surface area contributed by atoms with Crippen LogP contribution in [-0.4, -0.2) is 153 Å². The summed E-state index contributed by atoms with van der Waals surface area (Å²) in [5.41, 5.74) is 0.334. The van der Waals surface area contributed by atoms with Gasteiger partial charge in [0.05, 0.1) is 53.1 Å². The first-order valence-electron chi connectivity index (χ1n) is 24.3. The van der Waals surface area contributed by atoms with Gasteiger partial charge in [-0.2, -0.15) is 0 Å². The van der Waals surface area contributed by atoms with Crippen molar-refractivity contribution in [2.45, 2.75) is 186 Å². The average Bonchev–Trinajstić information content (AvgIpc) is 4.19. The second-order valence-electron chi connectivity index (χ2n) is 19.5. The first-order valence-corrected chi connectivity index (χ1v) is 25.1. The molecule has 402 valence electrons. The van der Waals surface area contributed by atoms with Crippen molar-refractivity contribution in [2.75, 3.05) is 13.7 Å². The van der Waals surface area contributed by atoms with Gasteiger partial charge in [-0.1, -0.05) is 73.0 Å². The molecule has 0 amide bonds. The van der Waals surface area contributed by atoms with Crippen LogP contribution in [0.25, 0.3) is 0 Å². The number of aliphatic hydroxyl groups is 5. The number of aliphatic hydroxyl groups excluding tert-OH is 5. The number of rotatable bonds is 13. The third kappa shape index (κ3) is 14.1. The maximum absolute atomic E-state index is 14.0. The number of phenolic OH excluding ortho intramolecular Hbond substituents is 2. The molecule has 3 heterocycles. The van der Waals surface area contributed by atoms with Crippen LogP contribution < -0.4 is 0 Å². The summed E-state index contributed by atoms with van der Waals surface area (Å²) in [5, 5.41) is 76.6. The molecule has 1 aromatic rings. The van der Waals surface area contributed by atoms with Crippen LogP contribution in [0.3, 0.4) is 0 Å². The zero-order valence-corrected chi connectivity index (χ0v) is 44.0. The van der Waals surface area contributed by atoms with E-state index >= 15 is 0 Å². The van der Waals surface area contributed by atoms with Gasteiger partial charge >= 0.3 is 17.9 Å². The molecular formula is C52H72Cl2O18. The third-order valence-electron chi connectivity index (χ3n) is 13.4. The normalized spacial score (nSPS) is 35.8. The van der Waals surface area contributed by atoms with E-state index in [0.29, 0.717) is 36.0 Å². The van der Waals surface area contributed by atoms with Crippen molar-refractivity contribution in [1.82, 2.24) is 0 Å². The van der Waals surface area contributed by atoms with Crippen molar-refractivity contribution in [3.8, 4) is 11.5 Å². The number of methoxy groups -OCH3 is 1. The lowest BCUT2D eigenvalue weighted by atomic mass is 9.88. The Morgan fingerprint density at radius 2 is 1.60 bits per heavy atom. The molecule has 1 aliphatic carbocycles. The number of benzene rings is 1. The number of hydrogen-bond donors (Lipinski definition) is 7. The van der Waals surface area contributed by atoms with E-state index in [1.807, 2.05) is 32.9 Å². The number of hydrogen-bond acceptors (Lipinski definition) is 18. The Balaban J connectivity index is 1.38. The van der Waals surface area contributed by atoms with Gasteiger partial charge in [-0.3, -0.25) is 4.79 Å². The van der Waals surface area contributed by atoms with Crippen LogP contribution in [0.15, 0.2) is 58.7 Å². The highest BCUT2D eigenvalue weighted by Crippen LogP contribution is 2.45. The summed E-state index contributed by atoms with van der Waals surface area (Å²) in [6.45, 7) is 14.8. The Hall–Kier alpha value is -3.89. The topological polar surface area (TPSA) is 267 Å². The molecule has 1 saturated carbocycles. The molecule has 0 aromatic heterocycles.